The molecular formula is C17H12ClN3O3S. The topological polar surface area (TPSA) is 80.7 Å². The van der Waals surface area contributed by atoms with Gasteiger partial charge in [0, 0.05) is 21.5 Å². The smallest absolute Gasteiger partial charge is 0.257 e. The molecule has 3 rings (SSSR count). The maximum absolute atomic E-state index is 12.3. The third-order valence-electron chi connectivity index (χ3n) is 3.40. The average molecular weight is 374 g/mol. The van der Waals surface area contributed by atoms with Crippen molar-refractivity contribution in [2.75, 3.05) is 12.4 Å². The number of amides is 1. The minimum absolute atomic E-state index is 0.137. The Morgan fingerprint density at radius 2 is 2.00 bits per heavy atom. The van der Waals surface area contributed by atoms with Crippen LogP contribution in [0.25, 0.3) is 11.3 Å². The van der Waals surface area contributed by atoms with Crippen molar-refractivity contribution in [1.29, 1.82) is 0 Å². The van der Waals surface area contributed by atoms with Gasteiger partial charge in [-0.3, -0.25) is 10.1 Å². The van der Waals surface area contributed by atoms with Crippen molar-refractivity contribution in [2.45, 2.75) is 0 Å². The molecule has 0 radical (unpaired) electrons. The largest absolute Gasteiger partial charge is 0.494 e. The second kappa shape index (κ2) is 7.42. The molecule has 1 aromatic heterocycles. The number of carbonyl (C=O) groups excluding carboxylic acids is 1. The van der Waals surface area contributed by atoms with Crippen LogP contribution >= 0.6 is 22.9 Å². The van der Waals surface area contributed by atoms with Gasteiger partial charge in [0.2, 0.25) is 0 Å². The molecule has 0 saturated heterocycles. The van der Waals surface area contributed by atoms with Gasteiger partial charge in [-0.2, -0.15) is 0 Å². The standard InChI is InChI=1S/C17H12ClN3O3S/c1-24-15-8-11(4-7-13(15)21-23)16(22)20-17-19-14(9-25-17)10-2-5-12(18)6-3-10/h2-9H,1H3,(H,19,20,22). The number of methoxy groups -OCH3 is 1. The molecule has 0 spiro atoms. The molecule has 6 nitrogen and oxygen atoms in total. The Balaban J connectivity index is 1.77. The normalized spacial score (nSPS) is 10.3. The fraction of sp³-hybridized carbons (Fsp3) is 0.0588. The molecular weight excluding hydrogens is 362 g/mol. The lowest BCUT2D eigenvalue weighted by Crippen LogP contribution is -2.11. The Labute approximate surface area is 152 Å². The Hall–Kier alpha value is -2.77. The maximum atomic E-state index is 12.3. The fourth-order valence-corrected chi connectivity index (χ4v) is 2.99. The number of carbonyl (C=O) groups is 1. The van der Waals surface area contributed by atoms with E-state index in [1.165, 1.54) is 36.6 Å². The van der Waals surface area contributed by atoms with Gasteiger partial charge in [-0.05, 0) is 35.5 Å². The van der Waals surface area contributed by atoms with Gasteiger partial charge in [0.15, 0.2) is 5.13 Å². The van der Waals surface area contributed by atoms with Crippen LogP contribution < -0.4 is 10.1 Å². The summed E-state index contributed by atoms with van der Waals surface area (Å²) >= 11 is 7.19. The minimum Gasteiger partial charge on any atom is -0.494 e. The predicted octanol–water partition coefficient (Wildman–Crippen LogP) is 5.12. The monoisotopic (exact) mass is 373 g/mol. The van der Waals surface area contributed by atoms with Gasteiger partial charge >= 0.3 is 0 Å². The van der Waals surface area contributed by atoms with E-state index >= 15 is 0 Å². The molecule has 2 aromatic carbocycles. The van der Waals surface area contributed by atoms with E-state index in [2.05, 4.69) is 15.5 Å². The van der Waals surface area contributed by atoms with Crippen molar-refractivity contribution < 1.29 is 9.53 Å². The minimum atomic E-state index is -0.354. The Morgan fingerprint density at radius 1 is 1.24 bits per heavy atom. The Kier molecular flexibility index (Phi) is 5.06. The lowest BCUT2D eigenvalue weighted by molar-refractivity contribution is 0.102. The molecule has 0 saturated carbocycles. The number of nitrogens with zero attached hydrogens (tertiary/aromatic N) is 2. The average Bonchev–Trinajstić information content (AvgIpc) is 3.10. The number of aromatic nitrogens is 1. The van der Waals surface area contributed by atoms with Crippen LogP contribution in [0, 0.1) is 4.91 Å². The van der Waals surface area contributed by atoms with Crippen LogP contribution in [-0.2, 0) is 0 Å². The first kappa shape index (κ1) is 17.1. The summed E-state index contributed by atoms with van der Waals surface area (Å²) in [6.07, 6.45) is 0. The number of halogens is 1. The molecule has 25 heavy (non-hydrogen) atoms. The van der Waals surface area contributed by atoms with E-state index in [0.717, 1.165) is 11.3 Å². The van der Waals surface area contributed by atoms with Gasteiger partial charge in [-0.1, -0.05) is 23.7 Å². The first-order valence-electron chi connectivity index (χ1n) is 7.15. The molecule has 0 fully saturated rings. The SMILES string of the molecule is COc1cc(C(=O)Nc2nc(-c3ccc(Cl)cc3)cs2)ccc1N=O. The quantitative estimate of drug-likeness (QED) is 0.629. The lowest BCUT2D eigenvalue weighted by atomic mass is 10.2. The zero-order valence-corrected chi connectivity index (χ0v) is 14.6. The van der Waals surface area contributed by atoms with E-state index in [4.69, 9.17) is 16.3 Å². The number of anilines is 1. The van der Waals surface area contributed by atoms with E-state index < -0.39 is 0 Å². The number of nitrogens with one attached hydrogen (secondary N) is 1. The van der Waals surface area contributed by atoms with Crippen molar-refractivity contribution in [3.8, 4) is 17.0 Å². The molecule has 0 aliphatic heterocycles. The summed E-state index contributed by atoms with van der Waals surface area (Å²) in [5.74, 6) is -0.114. The lowest BCUT2D eigenvalue weighted by Gasteiger charge is -2.06. The first-order chi connectivity index (χ1) is 12.1. The summed E-state index contributed by atoms with van der Waals surface area (Å²) < 4.78 is 5.05. The zero-order valence-electron chi connectivity index (χ0n) is 13.0. The van der Waals surface area contributed by atoms with Crippen molar-refractivity contribution in [3.63, 3.8) is 0 Å². The van der Waals surface area contributed by atoms with Gasteiger partial charge in [0.25, 0.3) is 5.91 Å². The maximum Gasteiger partial charge on any atom is 0.257 e. The number of benzene rings is 2. The van der Waals surface area contributed by atoms with Crippen molar-refractivity contribution >= 4 is 39.7 Å². The third-order valence-corrected chi connectivity index (χ3v) is 4.41. The van der Waals surface area contributed by atoms with Crippen LogP contribution in [0.3, 0.4) is 0 Å². The molecule has 1 heterocycles. The second-order valence-corrected chi connectivity index (χ2v) is 6.27. The van der Waals surface area contributed by atoms with E-state index in [-0.39, 0.29) is 17.3 Å². The Morgan fingerprint density at radius 3 is 2.68 bits per heavy atom. The predicted molar refractivity (Wildman–Crippen MR) is 99.0 cm³/mol. The fourth-order valence-electron chi connectivity index (χ4n) is 2.15. The molecule has 8 heteroatoms. The van der Waals surface area contributed by atoms with Crippen LogP contribution in [-0.4, -0.2) is 18.0 Å². The number of hydrogen-bond acceptors (Lipinski definition) is 6. The van der Waals surface area contributed by atoms with E-state index in [0.29, 0.717) is 15.7 Å². The molecule has 126 valence electrons. The van der Waals surface area contributed by atoms with E-state index in [9.17, 15) is 9.70 Å². The molecule has 1 N–H and O–H groups in total. The summed E-state index contributed by atoms with van der Waals surface area (Å²) in [6.45, 7) is 0. The number of thiazole rings is 1. The molecule has 0 bridgehead atoms. The third kappa shape index (κ3) is 3.84. The van der Waals surface area contributed by atoms with Gasteiger partial charge in [0.05, 0.1) is 12.8 Å². The molecule has 3 aromatic rings. The van der Waals surface area contributed by atoms with Gasteiger partial charge < -0.3 is 4.74 Å². The van der Waals surface area contributed by atoms with Crippen LogP contribution in [0.15, 0.2) is 53.0 Å². The zero-order chi connectivity index (χ0) is 17.8. The number of nitroso groups, excluding NO2 is 1. The molecule has 0 aliphatic carbocycles. The highest BCUT2D eigenvalue weighted by molar-refractivity contribution is 7.14. The Bertz CT molecular complexity index is 925. The molecule has 1 amide bonds. The highest BCUT2D eigenvalue weighted by Crippen LogP contribution is 2.29. The number of ether oxygens (including phenoxy) is 1. The molecule has 0 unspecified atom stereocenters. The van der Waals surface area contributed by atoms with Gasteiger partial charge in [-0.15, -0.1) is 16.2 Å². The molecule has 0 aliphatic rings. The van der Waals surface area contributed by atoms with Gasteiger partial charge in [0.1, 0.15) is 11.4 Å². The van der Waals surface area contributed by atoms with Crippen molar-refractivity contribution in [1.82, 2.24) is 4.98 Å². The van der Waals surface area contributed by atoms with Crippen LogP contribution in [0.1, 0.15) is 10.4 Å². The second-order valence-electron chi connectivity index (χ2n) is 4.98. The summed E-state index contributed by atoms with van der Waals surface area (Å²) in [5, 5.41) is 8.53. The van der Waals surface area contributed by atoms with Crippen LogP contribution in [0.5, 0.6) is 5.75 Å². The summed E-state index contributed by atoms with van der Waals surface area (Å²) in [4.78, 5) is 27.4. The summed E-state index contributed by atoms with van der Waals surface area (Å²) in [7, 11) is 1.41. The number of rotatable bonds is 5. The van der Waals surface area contributed by atoms with Gasteiger partial charge in [-0.25, -0.2) is 4.98 Å². The van der Waals surface area contributed by atoms with Crippen molar-refractivity contribution in [3.05, 3.63) is 63.3 Å². The van der Waals surface area contributed by atoms with E-state index in [1.54, 1.807) is 12.1 Å². The van der Waals surface area contributed by atoms with Crippen LogP contribution in [0.2, 0.25) is 5.02 Å². The highest BCUT2D eigenvalue weighted by atomic mass is 35.5. The number of hydrogen-bond donors (Lipinski definition) is 1. The molecule has 0 atom stereocenters. The van der Waals surface area contributed by atoms with Crippen LogP contribution in [0.4, 0.5) is 10.8 Å². The highest BCUT2D eigenvalue weighted by Gasteiger charge is 2.13. The van der Waals surface area contributed by atoms with Crippen molar-refractivity contribution in [2.24, 2.45) is 5.18 Å². The van der Waals surface area contributed by atoms with E-state index in [1.807, 2.05) is 17.5 Å². The first-order valence-corrected chi connectivity index (χ1v) is 8.40. The summed E-state index contributed by atoms with van der Waals surface area (Å²) in [5.41, 5.74) is 2.13. The summed E-state index contributed by atoms with van der Waals surface area (Å²) in [6, 6.07) is 11.7.